The van der Waals surface area contributed by atoms with Gasteiger partial charge >= 0.3 is 0 Å². The van der Waals surface area contributed by atoms with Gasteiger partial charge in [0.15, 0.2) is 10.1 Å². The van der Waals surface area contributed by atoms with E-state index >= 15 is 0 Å². The number of Topliss-reactive ketones (excluding diaryl/α,β-unsaturated/α-hetero) is 1. The van der Waals surface area contributed by atoms with E-state index in [-0.39, 0.29) is 5.78 Å². The quantitative estimate of drug-likeness (QED) is 0.429. The summed E-state index contributed by atoms with van der Waals surface area (Å²) >= 11 is 10.7. The molecule has 0 amide bonds. The lowest BCUT2D eigenvalue weighted by Gasteiger charge is -2.37. The maximum Gasteiger partial charge on any atom is 0.219 e. The monoisotopic (exact) mass is 511 g/mol. The standard InChI is InChI=1S/C23H18ClN5OS3/c24-16-5-2-1-4-13(16)12-32-23-28-27-22(33-23)29-17-6-3-7-18(30)20(17)19(14-8-9-31-11-14)15(10-25)21(29)26/h1-2,4-5,8-9,11,19H,3,6-7,12,26H2. The molecule has 0 saturated heterocycles. The van der Waals surface area contributed by atoms with Gasteiger partial charge in [-0.3, -0.25) is 9.69 Å². The second-order valence-electron chi connectivity index (χ2n) is 7.60. The van der Waals surface area contributed by atoms with Crippen LogP contribution in [-0.4, -0.2) is 16.0 Å². The number of halogens is 1. The van der Waals surface area contributed by atoms with Crippen molar-refractivity contribution in [3.05, 3.63) is 79.9 Å². The number of hydrogen-bond donors (Lipinski definition) is 1. The summed E-state index contributed by atoms with van der Waals surface area (Å²) in [4.78, 5) is 14.8. The van der Waals surface area contributed by atoms with E-state index in [1.807, 2.05) is 41.1 Å². The van der Waals surface area contributed by atoms with Gasteiger partial charge in [0.05, 0.1) is 17.6 Å². The van der Waals surface area contributed by atoms with E-state index in [1.165, 1.54) is 34.4 Å². The minimum absolute atomic E-state index is 0.0653. The summed E-state index contributed by atoms with van der Waals surface area (Å²) in [7, 11) is 0. The minimum atomic E-state index is -0.428. The van der Waals surface area contributed by atoms with E-state index in [9.17, 15) is 10.1 Å². The van der Waals surface area contributed by atoms with E-state index in [1.54, 1.807) is 4.90 Å². The average molecular weight is 512 g/mol. The van der Waals surface area contributed by atoms with Gasteiger partial charge in [0, 0.05) is 28.5 Å². The number of thiophene rings is 1. The number of allylic oxidation sites excluding steroid dienone is 3. The van der Waals surface area contributed by atoms with Crippen molar-refractivity contribution in [2.75, 3.05) is 4.90 Å². The molecule has 1 aromatic carbocycles. The number of nitriles is 1. The number of benzene rings is 1. The first-order valence-corrected chi connectivity index (χ1v) is 13.4. The molecule has 2 aromatic heterocycles. The number of thioether (sulfide) groups is 1. The van der Waals surface area contributed by atoms with Gasteiger partial charge < -0.3 is 5.73 Å². The van der Waals surface area contributed by atoms with E-state index in [2.05, 4.69) is 16.3 Å². The Bertz CT molecular complexity index is 1320. The zero-order valence-corrected chi connectivity index (χ0v) is 20.5. The molecule has 5 rings (SSSR count). The fourth-order valence-corrected chi connectivity index (χ4v) is 7.04. The van der Waals surface area contributed by atoms with Crippen molar-refractivity contribution in [1.82, 2.24) is 10.2 Å². The third-order valence-corrected chi connectivity index (χ3v) is 8.85. The molecular weight excluding hydrogens is 494 g/mol. The molecule has 166 valence electrons. The molecule has 3 heterocycles. The SMILES string of the molecule is N#CC1=C(N)N(c2nnc(SCc3ccccc3Cl)s2)C2=C(C(=O)CCC2)C1c1ccsc1. The van der Waals surface area contributed by atoms with E-state index < -0.39 is 5.92 Å². The second-order valence-corrected chi connectivity index (χ2v) is 11.0. The summed E-state index contributed by atoms with van der Waals surface area (Å²) in [6, 6.07) is 11.9. The lowest BCUT2D eigenvalue weighted by molar-refractivity contribution is -0.116. The Hall–Kier alpha value is -2.64. The zero-order valence-electron chi connectivity index (χ0n) is 17.3. The third-order valence-electron chi connectivity index (χ3n) is 5.69. The molecule has 2 aliphatic rings. The fourth-order valence-electron chi connectivity index (χ4n) is 4.18. The van der Waals surface area contributed by atoms with Crippen LogP contribution in [0.2, 0.25) is 5.02 Å². The van der Waals surface area contributed by atoms with E-state index in [0.717, 1.165) is 27.6 Å². The number of carbonyl (C=O) groups excluding carboxylic acids is 1. The first-order valence-electron chi connectivity index (χ1n) is 10.3. The molecule has 2 N–H and O–H groups in total. The Labute approximate surface area is 208 Å². The Morgan fingerprint density at radius 1 is 1.27 bits per heavy atom. The molecule has 1 unspecified atom stereocenters. The molecule has 33 heavy (non-hydrogen) atoms. The summed E-state index contributed by atoms with van der Waals surface area (Å²) in [5.41, 5.74) is 10.4. The predicted octanol–water partition coefficient (Wildman–Crippen LogP) is 5.85. The lowest BCUT2D eigenvalue weighted by atomic mass is 9.76. The van der Waals surface area contributed by atoms with Gasteiger partial charge in [0.2, 0.25) is 5.13 Å². The average Bonchev–Trinajstić information content (AvgIpc) is 3.50. The molecule has 1 aliphatic heterocycles. The highest BCUT2D eigenvalue weighted by atomic mass is 35.5. The topological polar surface area (TPSA) is 95.9 Å². The van der Waals surface area contributed by atoms with Gasteiger partial charge in [0.25, 0.3) is 0 Å². The molecular formula is C23H18ClN5OS3. The van der Waals surface area contributed by atoms with Gasteiger partial charge in [-0.1, -0.05) is 52.9 Å². The largest absolute Gasteiger partial charge is 0.384 e. The zero-order chi connectivity index (χ0) is 22.9. The Kier molecular flexibility index (Phi) is 6.25. The number of aromatic nitrogens is 2. The van der Waals surface area contributed by atoms with Crippen LogP contribution in [0.3, 0.4) is 0 Å². The predicted molar refractivity (Wildman–Crippen MR) is 133 cm³/mol. The molecule has 0 spiro atoms. The highest BCUT2D eigenvalue weighted by Crippen LogP contribution is 2.47. The van der Waals surface area contributed by atoms with Crippen molar-refractivity contribution < 1.29 is 4.79 Å². The third kappa shape index (κ3) is 4.08. The van der Waals surface area contributed by atoms with Gasteiger partial charge in [0.1, 0.15) is 5.82 Å². The lowest BCUT2D eigenvalue weighted by Crippen LogP contribution is -2.38. The van der Waals surface area contributed by atoms with Gasteiger partial charge in [-0.2, -0.15) is 16.6 Å². The molecule has 6 nitrogen and oxygen atoms in total. The molecule has 3 aromatic rings. The van der Waals surface area contributed by atoms with E-state index in [4.69, 9.17) is 17.3 Å². The number of ketones is 1. The van der Waals surface area contributed by atoms with E-state index in [0.29, 0.717) is 45.7 Å². The van der Waals surface area contributed by atoms with Crippen LogP contribution in [0.15, 0.2) is 68.1 Å². The summed E-state index contributed by atoms with van der Waals surface area (Å²) in [6.07, 6.45) is 1.91. The Morgan fingerprint density at radius 2 is 2.12 bits per heavy atom. The molecule has 1 atom stereocenters. The summed E-state index contributed by atoms with van der Waals surface area (Å²) < 4.78 is 0.764. The summed E-state index contributed by atoms with van der Waals surface area (Å²) in [5.74, 6) is 0.620. The van der Waals surface area contributed by atoms with Crippen LogP contribution in [0, 0.1) is 11.3 Å². The maximum absolute atomic E-state index is 13.1. The van der Waals surface area contributed by atoms with Crippen molar-refractivity contribution in [1.29, 1.82) is 5.26 Å². The number of nitrogens with zero attached hydrogens (tertiary/aromatic N) is 4. The maximum atomic E-state index is 13.1. The van der Waals surface area contributed by atoms with Crippen LogP contribution >= 0.6 is 46.0 Å². The number of rotatable bonds is 5. The first kappa shape index (κ1) is 22.2. The van der Waals surface area contributed by atoms with Crippen LogP contribution < -0.4 is 10.6 Å². The molecule has 0 bridgehead atoms. The van der Waals surface area contributed by atoms with Gasteiger partial charge in [-0.15, -0.1) is 10.2 Å². The Morgan fingerprint density at radius 3 is 2.88 bits per heavy atom. The van der Waals surface area contributed by atoms with Crippen LogP contribution in [0.1, 0.15) is 36.3 Å². The first-order chi connectivity index (χ1) is 16.1. The number of anilines is 1. The van der Waals surface area contributed by atoms with Crippen LogP contribution in [0.5, 0.6) is 0 Å². The van der Waals surface area contributed by atoms with Crippen molar-refractivity contribution in [3.63, 3.8) is 0 Å². The highest BCUT2D eigenvalue weighted by Gasteiger charge is 2.41. The number of hydrogen-bond acceptors (Lipinski definition) is 9. The molecule has 10 heteroatoms. The fraction of sp³-hybridized carbons (Fsp3) is 0.217. The summed E-state index contributed by atoms with van der Waals surface area (Å²) in [6.45, 7) is 0. The number of carbonyl (C=O) groups is 1. The normalized spacial score (nSPS) is 18.5. The van der Waals surface area contributed by atoms with Gasteiger partial charge in [-0.25, -0.2) is 0 Å². The minimum Gasteiger partial charge on any atom is -0.384 e. The second kappa shape index (κ2) is 9.31. The van der Waals surface area contributed by atoms with Gasteiger partial charge in [-0.05, 0) is 46.9 Å². The molecule has 0 saturated carbocycles. The van der Waals surface area contributed by atoms with Crippen molar-refractivity contribution in [2.24, 2.45) is 5.73 Å². The molecule has 0 fully saturated rings. The van der Waals surface area contributed by atoms with Crippen molar-refractivity contribution in [3.8, 4) is 6.07 Å². The van der Waals surface area contributed by atoms with Crippen molar-refractivity contribution >= 4 is 57.0 Å². The van der Waals surface area contributed by atoms with Crippen LogP contribution in [0.25, 0.3) is 0 Å². The number of nitrogens with two attached hydrogens (primary N) is 1. The summed E-state index contributed by atoms with van der Waals surface area (Å²) in [5, 5.41) is 23.9. The molecule has 1 aliphatic carbocycles. The van der Waals surface area contributed by atoms with Crippen LogP contribution in [-0.2, 0) is 10.5 Å². The van der Waals surface area contributed by atoms with Crippen molar-refractivity contribution in [2.45, 2.75) is 35.3 Å². The Balaban J connectivity index is 1.52. The molecule has 0 radical (unpaired) electrons. The van der Waals surface area contributed by atoms with Crippen LogP contribution in [0.4, 0.5) is 5.13 Å². The smallest absolute Gasteiger partial charge is 0.219 e. The highest BCUT2D eigenvalue weighted by molar-refractivity contribution is 8.00.